The van der Waals surface area contributed by atoms with Crippen LogP contribution in [0.5, 0.6) is 11.5 Å². The summed E-state index contributed by atoms with van der Waals surface area (Å²) in [5.41, 5.74) is 4.08. The van der Waals surface area contributed by atoms with E-state index < -0.39 is 0 Å². The highest BCUT2D eigenvalue weighted by molar-refractivity contribution is 6.32. The van der Waals surface area contributed by atoms with Crippen molar-refractivity contribution < 1.29 is 14.3 Å². The summed E-state index contributed by atoms with van der Waals surface area (Å²) in [7, 11) is 1.56. The molecule has 3 aromatic carbocycles. The molecular formula is C27H31ClN2O3. The maximum atomic E-state index is 12.3. The molecule has 0 radical (unpaired) electrons. The number of methoxy groups -OCH3 is 1. The van der Waals surface area contributed by atoms with Gasteiger partial charge < -0.3 is 20.1 Å². The number of hydrogen-bond acceptors (Lipinski definition) is 4. The number of anilines is 1. The van der Waals surface area contributed by atoms with Gasteiger partial charge in [-0.15, -0.1) is 0 Å². The van der Waals surface area contributed by atoms with Gasteiger partial charge in [-0.3, -0.25) is 4.79 Å². The Balaban J connectivity index is 1.63. The minimum Gasteiger partial charge on any atom is -0.493 e. The minimum absolute atomic E-state index is 0.172. The van der Waals surface area contributed by atoms with Crippen molar-refractivity contribution in [1.29, 1.82) is 0 Å². The third-order valence-electron chi connectivity index (χ3n) is 5.30. The summed E-state index contributed by atoms with van der Waals surface area (Å²) in [6.45, 7) is 4.63. The summed E-state index contributed by atoms with van der Waals surface area (Å²) in [6.07, 6.45) is 2.11. The molecule has 0 aliphatic rings. The van der Waals surface area contributed by atoms with Crippen LogP contribution in [0.15, 0.2) is 66.7 Å². The van der Waals surface area contributed by atoms with Gasteiger partial charge >= 0.3 is 0 Å². The van der Waals surface area contributed by atoms with Crippen LogP contribution in [0, 0.1) is 6.92 Å². The highest BCUT2D eigenvalue weighted by Gasteiger charge is 2.16. The van der Waals surface area contributed by atoms with E-state index in [1.807, 2.05) is 49.4 Å². The topological polar surface area (TPSA) is 59.6 Å². The van der Waals surface area contributed by atoms with Gasteiger partial charge in [0.2, 0.25) is 0 Å². The summed E-state index contributed by atoms with van der Waals surface area (Å²) in [6, 6.07) is 22.0. The fraction of sp³-hybridized carbons (Fsp3) is 0.296. The molecule has 0 aliphatic heterocycles. The van der Waals surface area contributed by atoms with E-state index in [0.717, 1.165) is 24.0 Å². The van der Waals surface area contributed by atoms with Gasteiger partial charge in [-0.05, 0) is 48.7 Å². The van der Waals surface area contributed by atoms with Crippen LogP contribution in [0.1, 0.15) is 42.5 Å². The van der Waals surface area contributed by atoms with Crippen molar-refractivity contribution in [2.24, 2.45) is 0 Å². The van der Waals surface area contributed by atoms with Crippen LogP contribution in [0.3, 0.4) is 0 Å². The summed E-state index contributed by atoms with van der Waals surface area (Å²) in [5, 5.41) is 6.83. The van der Waals surface area contributed by atoms with Crippen LogP contribution >= 0.6 is 11.6 Å². The van der Waals surface area contributed by atoms with E-state index in [-0.39, 0.29) is 18.6 Å². The Morgan fingerprint density at radius 2 is 1.79 bits per heavy atom. The van der Waals surface area contributed by atoms with Crippen molar-refractivity contribution in [3.8, 4) is 11.5 Å². The fourth-order valence-electron chi connectivity index (χ4n) is 3.59. The van der Waals surface area contributed by atoms with Crippen LogP contribution < -0.4 is 20.1 Å². The Morgan fingerprint density at radius 3 is 2.45 bits per heavy atom. The average Bonchev–Trinajstić information content (AvgIpc) is 2.82. The summed E-state index contributed by atoms with van der Waals surface area (Å²) >= 11 is 6.50. The van der Waals surface area contributed by atoms with Crippen molar-refractivity contribution >= 4 is 23.2 Å². The zero-order valence-electron chi connectivity index (χ0n) is 19.4. The molecule has 1 unspecified atom stereocenters. The van der Waals surface area contributed by atoms with Crippen molar-refractivity contribution in [2.75, 3.05) is 19.0 Å². The van der Waals surface area contributed by atoms with Gasteiger partial charge in [0.1, 0.15) is 0 Å². The molecule has 0 saturated carbocycles. The zero-order valence-corrected chi connectivity index (χ0v) is 20.1. The van der Waals surface area contributed by atoms with Gasteiger partial charge in [0.25, 0.3) is 5.91 Å². The van der Waals surface area contributed by atoms with Gasteiger partial charge in [-0.25, -0.2) is 0 Å². The molecule has 1 amide bonds. The molecule has 0 spiro atoms. The number of carbonyl (C=O) groups is 1. The monoisotopic (exact) mass is 466 g/mol. The van der Waals surface area contributed by atoms with E-state index >= 15 is 0 Å². The Kier molecular flexibility index (Phi) is 9.16. The second kappa shape index (κ2) is 12.3. The lowest BCUT2D eigenvalue weighted by molar-refractivity contribution is -0.118. The Morgan fingerprint density at radius 1 is 1.06 bits per heavy atom. The van der Waals surface area contributed by atoms with Crippen molar-refractivity contribution in [3.63, 3.8) is 0 Å². The predicted octanol–water partition coefficient (Wildman–Crippen LogP) is 6.31. The van der Waals surface area contributed by atoms with Crippen molar-refractivity contribution in [3.05, 3.63) is 88.4 Å². The number of benzene rings is 3. The number of amides is 1. The lowest BCUT2D eigenvalue weighted by atomic mass is 10.0. The van der Waals surface area contributed by atoms with Crippen LogP contribution in [-0.4, -0.2) is 19.6 Å². The number of ether oxygens (including phenoxy) is 2. The van der Waals surface area contributed by atoms with Gasteiger partial charge in [0, 0.05) is 18.3 Å². The molecule has 1 atom stereocenters. The highest BCUT2D eigenvalue weighted by Crippen LogP contribution is 2.36. The Labute approximate surface area is 201 Å². The molecular weight excluding hydrogens is 436 g/mol. The molecule has 5 nitrogen and oxygen atoms in total. The van der Waals surface area contributed by atoms with Crippen molar-refractivity contribution in [1.82, 2.24) is 5.32 Å². The van der Waals surface area contributed by atoms with Crippen LogP contribution in [0.2, 0.25) is 5.02 Å². The average molecular weight is 467 g/mol. The summed E-state index contributed by atoms with van der Waals surface area (Å²) in [4.78, 5) is 12.3. The number of hydrogen-bond donors (Lipinski definition) is 2. The second-order valence-corrected chi connectivity index (χ2v) is 8.35. The van der Waals surface area contributed by atoms with Gasteiger partial charge in [0.15, 0.2) is 18.1 Å². The highest BCUT2D eigenvalue weighted by atomic mass is 35.5. The molecule has 0 aromatic heterocycles. The van der Waals surface area contributed by atoms with Crippen molar-refractivity contribution in [2.45, 2.75) is 39.3 Å². The van der Waals surface area contributed by atoms with E-state index in [4.69, 9.17) is 21.1 Å². The molecule has 0 aliphatic carbocycles. The van der Waals surface area contributed by atoms with Gasteiger partial charge in [-0.2, -0.15) is 0 Å². The van der Waals surface area contributed by atoms with E-state index in [9.17, 15) is 4.79 Å². The molecule has 2 N–H and O–H groups in total. The lowest BCUT2D eigenvalue weighted by Gasteiger charge is -2.20. The molecule has 0 bridgehead atoms. The third-order valence-corrected chi connectivity index (χ3v) is 5.58. The molecule has 33 heavy (non-hydrogen) atoms. The number of halogens is 1. The predicted molar refractivity (Wildman–Crippen MR) is 134 cm³/mol. The van der Waals surface area contributed by atoms with E-state index in [0.29, 0.717) is 28.8 Å². The first-order valence-corrected chi connectivity index (χ1v) is 11.5. The molecule has 0 fully saturated rings. The summed E-state index contributed by atoms with van der Waals surface area (Å²) < 4.78 is 11.2. The molecule has 3 rings (SSSR count). The normalized spacial score (nSPS) is 11.6. The maximum Gasteiger partial charge on any atom is 0.262 e. The number of carbonyl (C=O) groups excluding carboxylic acids is 1. The lowest BCUT2D eigenvalue weighted by Crippen LogP contribution is -2.21. The molecule has 174 valence electrons. The Bertz CT molecular complexity index is 1040. The van der Waals surface area contributed by atoms with Crippen LogP contribution in [0.4, 0.5) is 5.69 Å². The largest absolute Gasteiger partial charge is 0.493 e. The summed E-state index contributed by atoms with van der Waals surface area (Å²) in [5.74, 6) is 0.581. The smallest absolute Gasteiger partial charge is 0.262 e. The van der Waals surface area contributed by atoms with Gasteiger partial charge in [0.05, 0.1) is 12.1 Å². The number of rotatable bonds is 11. The Hall–Kier alpha value is -3.02. The SMILES string of the molecule is CCCC(NCc1cc(Cl)c(OCC(=O)Nc2ccc(C)cc2)c(OC)c1)c1ccccc1. The third kappa shape index (κ3) is 7.24. The standard InChI is InChI=1S/C27H31ClN2O3/c1-4-8-24(21-9-6-5-7-10-21)29-17-20-15-23(28)27(25(16-20)32-3)33-18-26(31)30-22-13-11-19(2)12-14-22/h5-7,9-16,24,29H,4,8,17-18H2,1-3H3,(H,30,31). The van der Waals surface area contributed by atoms with Crippen LogP contribution in [0.25, 0.3) is 0 Å². The van der Waals surface area contributed by atoms with E-state index in [1.54, 1.807) is 7.11 Å². The first kappa shape index (κ1) is 24.6. The molecule has 6 heteroatoms. The first-order valence-electron chi connectivity index (χ1n) is 11.1. The molecule has 0 saturated heterocycles. The quantitative estimate of drug-likeness (QED) is 0.348. The van der Waals surface area contributed by atoms with E-state index in [2.05, 4.69) is 41.8 Å². The second-order valence-electron chi connectivity index (χ2n) is 7.94. The number of aryl methyl sites for hydroxylation is 1. The van der Waals surface area contributed by atoms with Crippen LogP contribution in [-0.2, 0) is 11.3 Å². The number of nitrogens with one attached hydrogen (secondary N) is 2. The maximum absolute atomic E-state index is 12.3. The van der Waals surface area contributed by atoms with Gasteiger partial charge in [-0.1, -0.05) is 73.0 Å². The molecule has 3 aromatic rings. The fourth-order valence-corrected chi connectivity index (χ4v) is 3.88. The minimum atomic E-state index is -0.270. The first-order chi connectivity index (χ1) is 16.0. The van der Waals surface area contributed by atoms with E-state index in [1.165, 1.54) is 5.56 Å². The molecule has 0 heterocycles. The zero-order chi connectivity index (χ0) is 23.6.